The van der Waals surface area contributed by atoms with E-state index < -0.39 is 35.7 Å². The molecule has 0 amide bonds. The molecule has 0 saturated heterocycles. The van der Waals surface area contributed by atoms with Gasteiger partial charge in [-0.05, 0) is 116 Å². The van der Waals surface area contributed by atoms with Crippen LogP contribution >= 0.6 is 0 Å². The van der Waals surface area contributed by atoms with Crippen LogP contribution in [0, 0.1) is 23.2 Å². The second-order valence-electron chi connectivity index (χ2n) is 14.9. The molecule has 0 bridgehead atoms. The summed E-state index contributed by atoms with van der Waals surface area (Å²) >= 11 is 0. The number of hydrogen-bond acceptors (Lipinski definition) is 4. The molecule has 3 aliphatic carbocycles. The Bertz CT molecular complexity index is 1420. The molecule has 2 fully saturated rings. The Labute approximate surface area is 290 Å². The lowest BCUT2D eigenvalue weighted by Gasteiger charge is -2.53. The number of unbranched alkanes of at least 4 members (excludes halogenated alkanes) is 6. The molecule has 0 spiro atoms. The Morgan fingerprint density at radius 3 is 2.29 bits per heavy atom. The highest BCUT2D eigenvalue weighted by atomic mass is 32.2. The van der Waals surface area contributed by atoms with Crippen molar-refractivity contribution in [2.24, 2.45) is 23.2 Å². The average Bonchev–Trinajstić information content (AvgIpc) is 3.37. The monoisotopic (exact) mass is 710 g/mol. The maximum Gasteiger partial charge on any atom is 0.453 e. The minimum absolute atomic E-state index is 0.0279. The number of alkyl halides is 5. The first-order valence-electron chi connectivity index (χ1n) is 18.2. The van der Waals surface area contributed by atoms with Gasteiger partial charge >= 0.3 is 18.1 Å². The second kappa shape index (κ2) is 16.3. The molecule has 0 aliphatic heterocycles. The predicted molar refractivity (Wildman–Crippen MR) is 182 cm³/mol. The summed E-state index contributed by atoms with van der Waals surface area (Å²) in [6, 6.07) is 15.2. The third kappa shape index (κ3) is 9.13. The normalized spacial score (nSPS) is 27.2. The zero-order valence-electron chi connectivity index (χ0n) is 28.5. The van der Waals surface area contributed by atoms with Crippen LogP contribution in [0.2, 0.25) is 0 Å². The lowest BCUT2D eigenvalue weighted by Crippen LogP contribution is -2.47. The van der Waals surface area contributed by atoms with Crippen molar-refractivity contribution in [3.05, 3.63) is 65.2 Å². The highest BCUT2D eigenvalue weighted by Gasteiger charge is 2.57. The smallest absolute Gasteiger partial charge is 0.423 e. The SMILES string of the molecule is C[C@]12CC[C@@H]3c4ccc(OC(=O)c5ccccc5)cc4C[C@@H](CCCCCCCCCS(=O)CCCC(F)(F)C(F)(F)F)[C@H]3[C@@H]1CC[C@@H]2O. The first kappa shape index (κ1) is 37.9. The second-order valence-corrected chi connectivity index (χ2v) is 16.6. The van der Waals surface area contributed by atoms with Gasteiger partial charge in [0.1, 0.15) is 5.75 Å². The Morgan fingerprint density at radius 2 is 1.57 bits per heavy atom. The van der Waals surface area contributed by atoms with Crippen molar-refractivity contribution in [3.63, 3.8) is 0 Å². The van der Waals surface area contributed by atoms with E-state index in [-0.39, 0.29) is 23.2 Å². The molecule has 0 heterocycles. The molecule has 5 rings (SSSR count). The molecular formula is C39H51F5O4S. The van der Waals surface area contributed by atoms with Crippen LogP contribution < -0.4 is 4.74 Å². The van der Waals surface area contributed by atoms with Gasteiger partial charge in [-0.25, -0.2) is 4.79 Å². The molecule has 0 radical (unpaired) electrons. The molecule has 7 atom stereocenters. The van der Waals surface area contributed by atoms with E-state index in [2.05, 4.69) is 19.1 Å². The van der Waals surface area contributed by atoms with Crippen molar-refractivity contribution >= 4 is 16.8 Å². The molecule has 0 aromatic heterocycles. The fraction of sp³-hybridized carbons (Fsp3) is 0.667. The van der Waals surface area contributed by atoms with Gasteiger partial charge in [-0.2, -0.15) is 22.0 Å². The summed E-state index contributed by atoms with van der Waals surface area (Å²) < 4.78 is 80.8. The average molecular weight is 711 g/mol. The fourth-order valence-corrected chi connectivity index (χ4v) is 10.3. The maximum atomic E-state index is 13.0. The molecule has 3 aliphatic rings. The number of benzene rings is 2. The molecular weight excluding hydrogens is 659 g/mol. The van der Waals surface area contributed by atoms with E-state index >= 15 is 0 Å². The van der Waals surface area contributed by atoms with E-state index in [0.29, 0.717) is 47.2 Å². The Kier molecular flexibility index (Phi) is 12.6. The largest absolute Gasteiger partial charge is 0.453 e. The number of halogens is 5. The highest BCUT2D eigenvalue weighted by Crippen LogP contribution is 2.62. The molecule has 272 valence electrons. The summed E-state index contributed by atoms with van der Waals surface area (Å²) in [4.78, 5) is 12.8. The Morgan fingerprint density at radius 1 is 0.898 bits per heavy atom. The van der Waals surface area contributed by atoms with Gasteiger partial charge in [0.2, 0.25) is 0 Å². The molecule has 1 N–H and O–H groups in total. The number of carbonyl (C=O) groups is 1. The maximum absolute atomic E-state index is 13.0. The third-order valence-electron chi connectivity index (χ3n) is 11.8. The van der Waals surface area contributed by atoms with Crippen LogP contribution in [-0.4, -0.2) is 45.0 Å². The van der Waals surface area contributed by atoms with Crippen molar-refractivity contribution in [1.82, 2.24) is 0 Å². The standard InChI is InChI=1S/C39H51F5O4S/c1-37-22-20-32-31-17-16-30(48-36(46)27-13-9-7-10-14-27)26-29(31)25-28(35(32)33(37)18-19-34(37)45)15-8-5-3-2-4-6-11-23-49(47)24-12-21-38(40,41)39(42,43)44/h7,9-10,13-14,16-17,26,28,32-35,45H,2-6,8,11-12,15,18-25H2,1H3/t28-,32-,33+,34+,35-,37+,49?/m1/s1. The van der Waals surface area contributed by atoms with Gasteiger partial charge in [0.15, 0.2) is 0 Å². The minimum Gasteiger partial charge on any atom is -0.423 e. The quantitative estimate of drug-likeness (QED) is 0.0816. The zero-order chi connectivity index (χ0) is 35.2. The van der Waals surface area contributed by atoms with Gasteiger partial charge in [-0.3, -0.25) is 4.21 Å². The molecule has 2 saturated carbocycles. The topological polar surface area (TPSA) is 63.6 Å². The number of rotatable bonds is 16. The lowest BCUT2D eigenvalue weighted by atomic mass is 9.52. The number of esters is 1. The van der Waals surface area contributed by atoms with E-state index in [1.165, 1.54) is 11.1 Å². The summed E-state index contributed by atoms with van der Waals surface area (Å²) in [6.45, 7) is 2.30. The number of aliphatic hydroxyl groups is 1. The zero-order valence-corrected chi connectivity index (χ0v) is 29.3. The van der Waals surface area contributed by atoms with Crippen molar-refractivity contribution < 1.29 is 40.8 Å². The van der Waals surface area contributed by atoms with Gasteiger partial charge in [0.25, 0.3) is 0 Å². The summed E-state index contributed by atoms with van der Waals surface area (Å²) in [5.41, 5.74) is 3.15. The van der Waals surface area contributed by atoms with E-state index in [1.54, 1.807) is 12.1 Å². The van der Waals surface area contributed by atoms with Gasteiger partial charge in [-0.1, -0.05) is 69.7 Å². The Balaban J connectivity index is 1.09. The molecule has 4 nitrogen and oxygen atoms in total. The van der Waals surface area contributed by atoms with E-state index in [9.17, 15) is 36.1 Å². The summed E-state index contributed by atoms with van der Waals surface area (Å²) in [5, 5.41) is 11.0. The lowest BCUT2D eigenvalue weighted by molar-refractivity contribution is -0.284. The van der Waals surface area contributed by atoms with Gasteiger partial charge < -0.3 is 9.84 Å². The molecule has 10 heteroatoms. The van der Waals surface area contributed by atoms with Crippen LogP contribution in [0.1, 0.15) is 124 Å². The van der Waals surface area contributed by atoms with Gasteiger partial charge in [0.05, 0.1) is 11.7 Å². The highest BCUT2D eigenvalue weighted by molar-refractivity contribution is 7.84. The fourth-order valence-electron chi connectivity index (χ4n) is 9.08. The molecule has 2 aromatic rings. The summed E-state index contributed by atoms with van der Waals surface area (Å²) in [7, 11) is -1.38. The van der Waals surface area contributed by atoms with E-state index in [0.717, 1.165) is 77.0 Å². The number of fused-ring (bicyclic) bond motifs is 5. The van der Waals surface area contributed by atoms with Crippen LogP contribution in [0.5, 0.6) is 5.75 Å². The van der Waals surface area contributed by atoms with Crippen molar-refractivity contribution in [2.75, 3.05) is 11.5 Å². The van der Waals surface area contributed by atoms with Crippen LogP contribution in [0.4, 0.5) is 22.0 Å². The van der Waals surface area contributed by atoms with Crippen LogP contribution in [-0.2, 0) is 17.2 Å². The number of aliphatic hydroxyl groups excluding tert-OH is 1. The van der Waals surface area contributed by atoms with E-state index in [1.807, 2.05) is 24.3 Å². The number of ether oxygens (including phenoxy) is 1. The van der Waals surface area contributed by atoms with Gasteiger partial charge in [-0.15, -0.1) is 0 Å². The molecule has 1 unspecified atom stereocenters. The van der Waals surface area contributed by atoms with Crippen LogP contribution in [0.3, 0.4) is 0 Å². The van der Waals surface area contributed by atoms with Crippen molar-refractivity contribution in [2.45, 2.75) is 127 Å². The minimum atomic E-state index is -5.56. The van der Waals surface area contributed by atoms with Crippen molar-refractivity contribution in [1.29, 1.82) is 0 Å². The first-order chi connectivity index (χ1) is 23.3. The first-order valence-corrected chi connectivity index (χ1v) is 19.7. The predicted octanol–water partition coefficient (Wildman–Crippen LogP) is 10.2. The number of carbonyl (C=O) groups excluding carboxylic acids is 1. The van der Waals surface area contributed by atoms with Crippen LogP contribution in [0.15, 0.2) is 48.5 Å². The molecule has 2 aromatic carbocycles. The number of hydrogen-bond donors (Lipinski definition) is 1. The van der Waals surface area contributed by atoms with Crippen molar-refractivity contribution in [3.8, 4) is 5.75 Å². The third-order valence-corrected chi connectivity index (χ3v) is 13.3. The van der Waals surface area contributed by atoms with Gasteiger partial charge in [0, 0.05) is 28.7 Å². The summed E-state index contributed by atoms with van der Waals surface area (Å²) in [5.74, 6) is -2.32. The van der Waals surface area contributed by atoms with Crippen LogP contribution in [0.25, 0.3) is 0 Å². The van der Waals surface area contributed by atoms with E-state index in [4.69, 9.17) is 4.74 Å². The summed E-state index contributed by atoms with van der Waals surface area (Å²) in [6.07, 6.45) is 5.47. The Hall–Kier alpha value is -2.33. The molecule has 49 heavy (non-hydrogen) atoms.